The van der Waals surface area contributed by atoms with Gasteiger partial charge in [0.25, 0.3) is 0 Å². The van der Waals surface area contributed by atoms with Crippen LogP contribution in [0.3, 0.4) is 0 Å². The molecule has 0 aliphatic carbocycles. The first-order valence-electron chi connectivity index (χ1n) is 11.3. The van der Waals surface area contributed by atoms with E-state index in [4.69, 9.17) is 9.47 Å². The molecule has 3 aliphatic rings. The maximum Gasteiger partial charge on any atom is 0.231 e. The Hall–Kier alpha value is -2.58. The van der Waals surface area contributed by atoms with Crippen LogP contribution in [0.1, 0.15) is 37.1 Å². The average Bonchev–Trinajstić information content (AvgIpc) is 3.55. The van der Waals surface area contributed by atoms with E-state index in [1.54, 1.807) is 16.2 Å². The highest BCUT2D eigenvalue weighted by atomic mass is 32.1. The molecular weight excluding hydrogens is 426 g/mol. The molecule has 3 aliphatic heterocycles. The van der Waals surface area contributed by atoms with Crippen LogP contribution in [-0.2, 0) is 9.59 Å². The van der Waals surface area contributed by atoms with Gasteiger partial charge in [-0.25, -0.2) is 0 Å². The summed E-state index contributed by atoms with van der Waals surface area (Å²) in [7, 11) is 0. The Morgan fingerprint density at radius 2 is 2.03 bits per heavy atom. The Kier molecular flexibility index (Phi) is 6.06. The van der Waals surface area contributed by atoms with Crippen molar-refractivity contribution in [2.45, 2.75) is 32.2 Å². The van der Waals surface area contributed by atoms with Gasteiger partial charge in [0.2, 0.25) is 18.6 Å². The summed E-state index contributed by atoms with van der Waals surface area (Å²) >= 11 is 1.74. The number of anilines is 1. The second kappa shape index (κ2) is 9.11. The van der Waals surface area contributed by atoms with E-state index in [1.165, 1.54) is 17.7 Å². The summed E-state index contributed by atoms with van der Waals surface area (Å²) in [5, 5.41) is 5.25. The van der Waals surface area contributed by atoms with Crippen LogP contribution in [0.5, 0.6) is 11.5 Å². The van der Waals surface area contributed by atoms with E-state index in [0.29, 0.717) is 24.6 Å². The van der Waals surface area contributed by atoms with Gasteiger partial charge < -0.3 is 19.7 Å². The quantitative estimate of drug-likeness (QED) is 0.723. The van der Waals surface area contributed by atoms with Crippen LogP contribution in [0, 0.1) is 11.8 Å². The van der Waals surface area contributed by atoms with Gasteiger partial charge in [0, 0.05) is 36.1 Å². The molecule has 2 fully saturated rings. The topological polar surface area (TPSA) is 71.1 Å². The van der Waals surface area contributed by atoms with Gasteiger partial charge in [-0.3, -0.25) is 14.5 Å². The van der Waals surface area contributed by atoms with Crippen LogP contribution in [0.4, 0.5) is 5.69 Å². The van der Waals surface area contributed by atoms with E-state index in [0.717, 1.165) is 24.7 Å². The summed E-state index contributed by atoms with van der Waals surface area (Å²) in [6.45, 7) is 5.57. The Morgan fingerprint density at radius 3 is 2.81 bits per heavy atom. The van der Waals surface area contributed by atoms with Crippen LogP contribution in [0.2, 0.25) is 0 Å². The number of nitrogens with one attached hydrogen (secondary N) is 1. The number of piperidine rings is 1. The van der Waals surface area contributed by atoms with Gasteiger partial charge in [0.05, 0.1) is 12.0 Å². The normalized spacial score (nSPS) is 22.3. The minimum atomic E-state index is -0.349. The molecule has 2 atom stereocenters. The van der Waals surface area contributed by atoms with Gasteiger partial charge >= 0.3 is 0 Å². The summed E-state index contributed by atoms with van der Waals surface area (Å²) in [5.74, 6) is 1.64. The zero-order valence-corrected chi connectivity index (χ0v) is 19.1. The second-order valence-corrected chi connectivity index (χ2v) is 9.92. The highest BCUT2D eigenvalue weighted by Gasteiger charge is 2.36. The number of thiophene rings is 1. The van der Waals surface area contributed by atoms with Crippen molar-refractivity contribution in [3.63, 3.8) is 0 Å². The van der Waals surface area contributed by atoms with Crippen LogP contribution in [0.25, 0.3) is 0 Å². The largest absolute Gasteiger partial charge is 0.454 e. The second-order valence-electron chi connectivity index (χ2n) is 8.94. The zero-order chi connectivity index (χ0) is 22.1. The summed E-state index contributed by atoms with van der Waals surface area (Å²) in [6.07, 6.45) is 2.61. The Labute approximate surface area is 192 Å². The molecule has 170 valence electrons. The molecule has 0 spiro atoms. The number of benzene rings is 1. The number of amides is 2. The molecule has 0 bridgehead atoms. The van der Waals surface area contributed by atoms with Crippen LogP contribution in [0.15, 0.2) is 35.7 Å². The number of fused-ring (bicyclic) bond motifs is 1. The first-order chi connectivity index (χ1) is 15.6. The van der Waals surface area contributed by atoms with Crippen LogP contribution >= 0.6 is 11.3 Å². The van der Waals surface area contributed by atoms with E-state index in [2.05, 4.69) is 34.7 Å². The predicted octanol–water partition coefficient (Wildman–Crippen LogP) is 3.42. The Bertz CT molecular complexity index is 972. The lowest BCUT2D eigenvalue weighted by Crippen LogP contribution is -2.43. The number of carbonyl (C=O) groups excluding carboxylic acids is 2. The average molecular weight is 456 g/mol. The number of carbonyl (C=O) groups is 2. The summed E-state index contributed by atoms with van der Waals surface area (Å²) in [4.78, 5) is 31.1. The van der Waals surface area contributed by atoms with E-state index >= 15 is 0 Å². The van der Waals surface area contributed by atoms with Gasteiger partial charge in [0.15, 0.2) is 11.5 Å². The van der Waals surface area contributed by atoms with Gasteiger partial charge in [-0.2, -0.15) is 0 Å². The van der Waals surface area contributed by atoms with E-state index in [-0.39, 0.29) is 37.0 Å². The monoisotopic (exact) mass is 455 g/mol. The van der Waals surface area contributed by atoms with Gasteiger partial charge in [-0.15, -0.1) is 11.3 Å². The van der Waals surface area contributed by atoms with Crippen molar-refractivity contribution >= 4 is 28.8 Å². The van der Waals surface area contributed by atoms with Crippen molar-refractivity contribution in [2.24, 2.45) is 11.8 Å². The van der Waals surface area contributed by atoms with Crippen molar-refractivity contribution in [1.82, 2.24) is 10.2 Å². The third kappa shape index (κ3) is 4.34. The molecule has 2 saturated heterocycles. The minimum Gasteiger partial charge on any atom is -0.454 e. The van der Waals surface area contributed by atoms with Crippen molar-refractivity contribution in [1.29, 1.82) is 0 Å². The molecule has 1 aromatic heterocycles. The van der Waals surface area contributed by atoms with Gasteiger partial charge in [0.1, 0.15) is 0 Å². The van der Waals surface area contributed by atoms with Crippen molar-refractivity contribution in [3.8, 4) is 11.5 Å². The molecule has 1 N–H and O–H groups in total. The molecule has 0 radical (unpaired) electrons. The molecule has 2 amide bonds. The van der Waals surface area contributed by atoms with Crippen LogP contribution in [-0.4, -0.2) is 49.7 Å². The van der Waals surface area contributed by atoms with Gasteiger partial charge in [-0.1, -0.05) is 13.0 Å². The summed E-state index contributed by atoms with van der Waals surface area (Å²) in [6, 6.07) is 9.87. The highest BCUT2D eigenvalue weighted by Crippen LogP contribution is 2.37. The fourth-order valence-electron chi connectivity index (χ4n) is 4.76. The van der Waals surface area contributed by atoms with Crippen LogP contribution < -0.4 is 19.7 Å². The lowest BCUT2D eigenvalue weighted by Gasteiger charge is -2.36. The molecule has 7 nitrogen and oxygen atoms in total. The molecule has 32 heavy (non-hydrogen) atoms. The van der Waals surface area contributed by atoms with Crippen molar-refractivity contribution < 1.29 is 19.1 Å². The lowest BCUT2D eigenvalue weighted by molar-refractivity contribution is -0.126. The molecular formula is C24H29N3O4S. The van der Waals surface area contributed by atoms with Crippen molar-refractivity contribution in [2.75, 3.05) is 37.9 Å². The fraction of sp³-hybridized carbons (Fsp3) is 0.500. The van der Waals surface area contributed by atoms with E-state index < -0.39 is 0 Å². The smallest absolute Gasteiger partial charge is 0.231 e. The summed E-state index contributed by atoms with van der Waals surface area (Å²) in [5.41, 5.74) is 0.744. The molecule has 4 heterocycles. The predicted molar refractivity (Wildman–Crippen MR) is 123 cm³/mol. The third-order valence-electron chi connectivity index (χ3n) is 6.76. The number of nitrogens with zero attached hydrogens (tertiary/aromatic N) is 2. The maximum absolute atomic E-state index is 13.0. The standard InChI is InChI=1S/C24H29N3O4S/c1-16-6-8-26(9-7-16)19(22-3-2-10-32-22)13-25-24(29)17-11-23(28)27(14-17)18-4-5-20-21(12-18)31-15-30-20/h2-5,10,12,16-17,19H,6-9,11,13-15H2,1H3,(H,25,29)/t17-,19-/m1/s1. The molecule has 0 unspecified atom stereocenters. The number of ether oxygens (including phenoxy) is 2. The first kappa shape index (κ1) is 21.3. The highest BCUT2D eigenvalue weighted by molar-refractivity contribution is 7.10. The maximum atomic E-state index is 13.0. The zero-order valence-electron chi connectivity index (χ0n) is 18.3. The first-order valence-corrected chi connectivity index (χ1v) is 12.2. The molecule has 0 saturated carbocycles. The lowest BCUT2D eigenvalue weighted by atomic mass is 9.97. The summed E-state index contributed by atoms with van der Waals surface area (Å²) < 4.78 is 10.8. The number of hydrogen-bond acceptors (Lipinski definition) is 6. The molecule has 5 rings (SSSR count). The SMILES string of the molecule is CC1CCN([C@H](CNC(=O)[C@@H]2CC(=O)N(c3ccc4c(c3)OCO4)C2)c2cccs2)CC1. The number of likely N-dealkylation sites (tertiary alicyclic amines) is 1. The van der Waals surface area contributed by atoms with Crippen molar-refractivity contribution in [3.05, 3.63) is 40.6 Å². The van der Waals surface area contributed by atoms with E-state index in [1.807, 2.05) is 18.2 Å². The van der Waals surface area contributed by atoms with Gasteiger partial charge in [-0.05, 0) is 55.4 Å². The number of rotatable bonds is 6. The molecule has 8 heteroatoms. The third-order valence-corrected chi connectivity index (χ3v) is 7.74. The van der Waals surface area contributed by atoms with E-state index in [9.17, 15) is 9.59 Å². The molecule has 1 aromatic carbocycles. The molecule has 2 aromatic rings. The minimum absolute atomic E-state index is 0.0381. The fourth-order valence-corrected chi connectivity index (χ4v) is 5.62. The Morgan fingerprint density at radius 1 is 1.22 bits per heavy atom. The number of hydrogen-bond donors (Lipinski definition) is 1. The Balaban J connectivity index is 1.22.